The second-order valence-electron chi connectivity index (χ2n) is 5.11. The number of rotatable bonds is 8. The summed E-state index contributed by atoms with van der Waals surface area (Å²) in [7, 11) is 1.92. The number of aryl methyl sites for hydroxylation is 2. The summed E-state index contributed by atoms with van der Waals surface area (Å²) < 4.78 is 8.75. The van der Waals surface area contributed by atoms with E-state index in [1.807, 2.05) is 18.7 Å². The Bertz CT molecular complexity index is 428. The van der Waals surface area contributed by atoms with E-state index in [1.54, 1.807) is 0 Å². The summed E-state index contributed by atoms with van der Waals surface area (Å²) in [6, 6.07) is 0. The van der Waals surface area contributed by atoms with Gasteiger partial charge in [0.2, 0.25) is 0 Å². The number of aromatic nitrogens is 2. The zero-order valence-corrected chi connectivity index (χ0v) is 14.8. The van der Waals surface area contributed by atoms with Crippen LogP contribution in [-0.4, -0.2) is 33.2 Å². The standard InChI is InChI=1S/C15H27BrN2O2/c1-6-11-14(16)12(18(5)17-11)10-13(19)15(7-2,8-3)20-9-4/h13,19H,6-10H2,1-5H3. The number of halogens is 1. The van der Waals surface area contributed by atoms with Gasteiger partial charge in [0.25, 0.3) is 0 Å². The van der Waals surface area contributed by atoms with Crippen molar-refractivity contribution in [2.24, 2.45) is 7.05 Å². The predicted octanol–water partition coefficient (Wildman–Crippen LogP) is 3.24. The minimum absolute atomic E-state index is 0.467. The van der Waals surface area contributed by atoms with Crippen molar-refractivity contribution in [2.45, 2.75) is 65.1 Å². The lowest BCUT2D eigenvalue weighted by molar-refractivity contribution is -0.124. The van der Waals surface area contributed by atoms with Crippen LogP contribution in [0.25, 0.3) is 0 Å². The number of hydrogen-bond donors (Lipinski definition) is 1. The molecule has 0 aromatic carbocycles. The highest BCUT2D eigenvalue weighted by atomic mass is 79.9. The lowest BCUT2D eigenvalue weighted by Crippen LogP contribution is -2.45. The maximum absolute atomic E-state index is 10.7. The molecule has 1 aromatic rings. The van der Waals surface area contributed by atoms with Crippen molar-refractivity contribution >= 4 is 15.9 Å². The minimum atomic E-state index is -0.533. The number of aliphatic hydroxyl groups excluding tert-OH is 1. The minimum Gasteiger partial charge on any atom is -0.390 e. The van der Waals surface area contributed by atoms with Gasteiger partial charge in [-0.2, -0.15) is 5.10 Å². The first kappa shape index (κ1) is 17.7. The molecule has 4 nitrogen and oxygen atoms in total. The third kappa shape index (κ3) is 3.43. The molecule has 0 spiro atoms. The summed E-state index contributed by atoms with van der Waals surface area (Å²) in [6.45, 7) is 8.81. The molecule has 1 heterocycles. The largest absolute Gasteiger partial charge is 0.390 e. The molecule has 0 radical (unpaired) electrons. The molecular formula is C15H27BrN2O2. The van der Waals surface area contributed by atoms with Gasteiger partial charge in [-0.05, 0) is 42.1 Å². The second-order valence-corrected chi connectivity index (χ2v) is 5.90. The molecule has 1 rings (SSSR count). The van der Waals surface area contributed by atoms with Crippen LogP contribution in [0.3, 0.4) is 0 Å². The van der Waals surface area contributed by atoms with Gasteiger partial charge in [-0.25, -0.2) is 0 Å². The zero-order valence-electron chi connectivity index (χ0n) is 13.2. The summed E-state index contributed by atoms with van der Waals surface area (Å²) in [6.07, 6.45) is 2.49. The van der Waals surface area contributed by atoms with Crippen LogP contribution in [0.4, 0.5) is 0 Å². The maximum Gasteiger partial charge on any atom is 0.0938 e. The molecule has 0 aliphatic carbocycles. The summed E-state index contributed by atoms with van der Waals surface area (Å²) >= 11 is 3.61. The van der Waals surface area contributed by atoms with Gasteiger partial charge in [0.15, 0.2) is 0 Å². The van der Waals surface area contributed by atoms with E-state index in [4.69, 9.17) is 4.74 Å². The Labute approximate surface area is 130 Å². The van der Waals surface area contributed by atoms with Crippen molar-refractivity contribution in [3.8, 4) is 0 Å². The van der Waals surface area contributed by atoms with Gasteiger partial charge < -0.3 is 9.84 Å². The van der Waals surface area contributed by atoms with Crippen LogP contribution in [-0.2, 0) is 24.6 Å². The summed E-state index contributed by atoms with van der Waals surface area (Å²) in [5, 5.41) is 15.2. The van der Waals surface area contributed by atoms with Crippen molar-refractivity contribution in [2.75, 3.05) is 6.61 Å². The maximum atomic E-state index is 10.7. The average molecular weight is 347 g/mol. The predicted molar refractivity (Wildman–Crippen MR) is 84.9 cm³/mol. The van der Waals surface area contributed by atoms with E-state index in [2.05, 4.69) is 41.8 Å². The smallest absolute Gasteiger partial charge is 0.0938 e. The van der Waals surface area contributed by atoms with Crippen molar-refractivity contribution in [1.82, 2.24) is 9.78 Å². The topological polar surface area (TPSA) is 47.3 Å². The van der Waals surface area contributed by atoms with Crippen LogP contribution in [0, 0.1) is 0 Å². The van der Waals surface area contributed by atoms with Gasteiger partial charge in [-0.3, -0.25) is 4.68 Å². The molecule has 1 atom stereocenters. The van der Waals surface area contributed by atoms with Crippen LogP contribution in [0.5, 0.6) is 0 Å². The summed E-state index contributed by atoms with van der Waals surface area (Å²) in [5.41, 5.74) is 1.59. The third-order valence-corrected chi connectivity index (χ3v) is 5.04. The summed E-state index contributed by atoms with van der Waals surface area (Å²) in [5.74, 6) is 0. The van der Waals surface area contributed by atoms with Gasteiger partial charge >= 0.3 is 0 Å². The molecule has 0 bridgehead atoms. The Morgan fingerprint density at radius 3 is 2.30 bits per heavy atom. The molecule has 0 aliphatic rings. The van der Waals surface area contributed by atoms with Crippen molar-refractivity contribution in [1.29, 1.82) is 0 Å². The molecular weight excluding hydrogens is 320 g/mol. The van der Waals surface area contributed by atoms with Gasteiger partial charge in [0.05, 0.1) is 27.6 Å². The van der Waals surface area contributed by atoms with Crippen molar-refractivity contribution in [3.63, 3.8) is 0 Å². The lowest BCUT2D eigenvalue weighted by atomic mass is 9.87. The number of nitrogens with zero attached hydrogens (tertiary/aromatic N) is 2. The van der Waals surface area contributed by atoms with Gasteiger partial charge in [-0.15, -0.1) is 0 Å². The molecule has 5 heteroatoms. The molecule has 1 aromatic heterocycles. The highest BCUT2D eigenvalue weighted by Crippen LogP contribution is 2.30. The Morgan fingerprint density at radius 1 is 1.30 bits per heavy atom. The monoisotopic (exact) mass is 346 g/mol. The number of aliphatic hydroxyl groups is 1. The molecule has 0 saturated carbocycles. The van der Waals surface area contributed by atoms with Gasteiger partial charge in [0, 0.05) is 20.1 Å². The number of ether oxygens (including phenoxy) is 1. The van der Waals surface area contributed by atoms with Crippen molar-refractivity contribution < 1.29 is 9.84 Å². The quantitative estimate of drug-likeness (QED) is 0.785. The fourth-order valence-corrected chi connectivity index (χ4v) is 3.50. The highest BCUT2D eigenvalue weighted by Gasteiger charge is 2.36. The van der Waals surface area contributed by atoms with Gasteiger partial charge in [-0.1, -0.05) is 20.8 Å². The van der Waals surface area contributed by atoms with E-state index >= 15 is 0 Å². The van der Waals surface area contributed by atoms with E-state index in [9.17, 15) is 5.11 Å². The van der Waals surface area contributed by atoms with Crippen LogP contribution in [0.2, 0.25) is 0 Å². The van der Waals surface area contributed by atoms with E-state index in [0.29, 0.717) is 13.0 Å². The molecule has 20 heavy (non-hydrogen) atoms. The Balaban J connectivity index is 2.99. The SMILES string of the molecule is CCOC(CC)(CC)C(O)Cc1c(Br)c(CC)nn1C. The molecule has 1 unspecified atom stereocenters. The van der Waals surface area contributed by atoms with E-state index in [-0.39, 0.29) is 0 Å². The Kier molecular flexibility index (Phi) is 6.69. The Morgan fingerprint density at radius 2 is 1.90 bits per heavy atom. The molecule has 1 N–H and O–H groups in total. The second kappa shape index (κ2) is 7.57. The fourth-order valence-electron chi connectivity index (χ4n) is 2.72. The molecule has 0 amide bonds. The first-order chi connectivity index (χ1) is 9.45. The fraction of sp³-hybridized carbons (Fsp3) is 0.800. The molecule has 116 valence electrons. The van der Waals surface area contributed by atoms with Crippen LogP contribution in [0.1, 0.15) is 51.9 Å². The van der Waals surface area contributed by atoms with E-state index in [0.717, 1.165) is 35.1 Å². The highest BCUT2D eigenvalue weighted by molar-refractivity contribution is 9.10. The lowest BCUT2D eigenvalue weighted by Gasteiger charge is -2.36. The normalized spacial score (nSPS) is 13.8. The summed E-state index contributed by atoms with van der Waals surface area (Å²) in [4.78, 5) is 0. The molecule has 0 fully saturated rings. The molecule has 0 saturated heterocycles. The average Bonchev–Trinajstić information content (AvgIpc) is 2.72. The van der Waals surface area contributed by atoms with Crippen LogP contribution in [0.15, 0.2) is 4.47 Å². The first-order valence-electron chi connectivity index (χ1n) is 7.47. The van der Waals surface area contributed by atoms with E-state index < -0.39 is 11.7 Å². The Hall–Kier alpha value is -0.390. The van der Waals surface area contributed by atoms with E-state index in [1.165, 1.54) is 0 Å². The van der Waals surface area contributed by atoms with Crippen molar-refractivity contribution in [3.05, 3.63) is 15.9 Å². The van der Waals surface area contributed by atoms with Gasteiger partial charge in [0.1, 0.15) is 0 Å². The zero-order chi connectivity index (χ0) is 15.3. The number of hydrogen-bond acceptors (Lipinski definition) is 3. The van der Waals surface area contributed by atoms with Crippen LogP contribution < -0.4 is 0 Å². The van der Waals surface area contributed by atoms with Crippen LogP contribution >= 0.6 is 15.9 Å². The third-order valence-electron chi connectivity index (χ3n) is 4.13. The molecule has 0 aliphatic heterocycles. The first-order valence-corrected chi connectivity index (χ1v) is 8.27.